The van der Waals surface area contributed by atoms with Gasteiger partial charge >= 0.3 is 11.8 Å². The summed E-state index contributed by atoms with van der Waals surface area (Å²) in [6, 6.07) is 7.65. The van der Waals surface area contributed by atoms with E-state index in [-0.39, 0.29) is 0 Å². The first-order chi connectivity index (χ1) is 10.4. The molecule has 22 heavy (non-hydrogen) atoms. The Labute approximate surface area is 132 Å². The number of carbonyl (C=O) groups is 2. The molecule has 2 atom stereocenters. The smallest absolute Gasteiger partial charge is 0.313 e. The van der Waals surface area contributed by atoms with E-state index in [1.165, 1.54) is 0 Å². The number of carbonyl (C=O) groups excluding carboxylic acids is 2. The molecule has 0 aliphatic carbocycles. The fourth-order valence-electron chi connectivity index (χ4n) is 3.26. The topological polar surface area (TPSA) is 49.4 Å². The van der Waals surface area contributed by atoms with Crippen LogP contribution in [-0.4, -0.2) is 29.8 Å². The van der Waals surface area contributed by atoms with Crippen LogP contribution in [0.1, 0.15) is 45.6 Å². The van der Waals surface area contributed by atoms with E-state index in [1.54, 1.807) is 4.90 Å². The molecule has 2 rings (SSSR count). The first-order valence-electron chi connectivity index (χ1n) is 8.07. The Kier molecular flexibility index (Phi) is 5.22. The minimum atomic E-state index is -0.533. The Balaban J connectivity index is 2.07. The van der Waals surface area contributed by atoms with Crippen LogP contribution in [0.25, 0.3) is 0 Å². The number of nitrogens with zero attached hydrogens (tertiary/aromatic N) is 1. The van der Waals surface area contributed by atoms with Gasteiger partial charge in [0.2, 0.25) is 0 Å². The van der Waals surface area contributed by atoms with E-state index in [1.807, 2.05) is 24.3 Å². The van der Waals surface area contributed by atoms with E-state index >= 15 is 0 Å². The molecule has 4 heteroatoms. The molecule has 2 unspecified atom stereocenters. The molecule has 4 nitrogen and oxygen atoms in total. The zero-order valence-corrected chi connectivity index (χ0v) is 13.9. The molecule has 1 aliphatic heterocycles. The van der Waals surface area contributed by atoms with E-state index in [9.17, 15) is 9.59 Å². The zero-order chi connectivity index (χ0) is 16.3. The third-order valence-corrected chi connectivity index (χ3v) is 4.18. The third kappa shape index (κ3) is 3.87. The van der Waals surface area contributed by atoms with Crippen LogP contribution >= 0.6 is 0 Å². The van der Waals surface area contributed by atoms with Gasteiger partial charge in [-0.15, -0.1) is 0 Å². The molecule has 1 fully saturated rings. The quantitative estimate of drug-likeness (QED) is 0.853. The monoisotopic (exact) mass is 302 g/mol. The summed E-state index contributed by atoms with van der Waals surface area (Å²) in [5.74, 6) is 0.236. The summed E-state index contributed by atoms with van der Waals surface area (Å²) in [6.45, 7) is 9.73. The number of likely N-dealkylation sites (tertiary alicyclic amines) is 1. The van der Waals surface area contributed by atoms with Crippen LogP contribution < -0.4 is 5.32 Å². The normalized spacial score (nSPS) is 21.8. The van der Waals surface area contributed by atoms with Crippen LogP contribution in [0.2, 0.25) is 0 Å². The molecule has 2 amide bonds. The van der Waals surface area contributed by atoms with Crippen LogP contribution in [0.5, 0.6) is 0 Å². The maximum absolute atomic E-state index is 12.4. The number of rotatable bonds is 2. The SMILES string of the molecule is CC1CC(C)CN(C(=O)C(=O)Nc2ccccc2C(C)C)C1. The van der Waals surface area contributed by atoms with Gasteiger partial charge in [-0.2, -0.15) is 0 Å². The lowest BCUT2D eigenvalue weighted by Gasteiger charge is -2.34. The molecule has 1 saturated heterocycles. The number of hydrogen-bond donors (Lipinski definition) is 1. The molecule has 0 aromatic heterocycles. The van der Waals surface area contributed by atoms with E-state index in [0.29, 0.717) is 30.8 Å². The second kappa shape index (κ2) is 6.95. The highest BCUT2D eigenvalue weighted by atomic mass is 16.2. The van der Waals surface area contributed by atoms with Gasteiger partial charge in [0.15, 0.2) is 0 Å². The lowest BCUT2D eigenvalue weighted by atomic mass is 9.92. The van der Waals surface area contributed by atoms with Gasteiger partial charge in [0.1, 0.15) is 0 Å². The molecule has 1 aromatic carbocycles. The average molecular weight is 302 g/mol. The zero-order valence-electron chi connectivity index (χ0n) is 13.9. The maximum Gasteiger partial charge on any atom is 0.313 e. The van der Waals surface area contributed by atoms with Gasteiger partial charge in [-0.05, 0) is 35.8 Å². The highest BCUT2D eigenvalue weighted by Gasteiger charge is 2.29. The van der Waals surface area contributed by atoms with Crippen molar-refractivity contribution in [2.75, 3.05) is 18.4 Å². The van der Waals surface area contributed by atoms with E-state index in [2.05, 4.69) is 33.0 Å². The van der Waals surface area contributed by atoms with Crippen molar-refractivity contribution in [1.82, 2.24) is 4.90 Å². The number of benzene rings is 1. The Hall–Kier alpha value is -1.84. The fourth-order valence-corrected chi connectivity index (χ4v) is 3.26. The van der Waals surface area contributed by atoms with Gasteiger partial charge in [0.25, 0.3) is 0 Å². The molecule has 0 radical (unpaired) electrons. The molecule has 1 N–H and O–H groups in total. The highest BCUT2D eigenvalue weighted by Crippen LogP contribution is 2.24. The summed E-state index contributed by atoms with van der Waals surface area (Å²) < 4.78 is 0. The van der Waals surface area contributed by atoms with E-state index < -0.39 is 11.8 Å². The van der Waals surface area contributed by atoms with Crippen LogP contribution in [-0.2, 0) is 9.59 Å². The summed E-state index contributed by atoms with van der Waals surface area (Å²) >= 11 is 0. The largest absolute Gasteiger partial charge is 0.334 e. The lowest BCUT2D eigenvalue weighted by molar-refractivity contribution is -0.144. The number of hydrogen-bond acceptors (Lipinski definition) is 2. The summed E-state index contributed by atoms with van der Waals surface area (Å²) in [4.78, 5) is 26.4. The fraction of sp³-hybridized carbons (Fsp3) is 0.556. The van der Waals surface area contributed by atoms with Crippen molar-refractivity contribution in [1.29, 1.82) is 0 Å². The molecular weight excluding hydrogens is 276 g/mol. The predicted molar refractivity (Wildman–Crippen MR) is 88.7 cm³/mol. The van der Waals surface area contributed by atoms with Gasteiger partial charge < -0.3 is 10.2 Å². The van der Waals surface area contributed by atoms with Crippen molar-refractivity contribution < 1.29 is 9.59 Å². The predicted octanol–water partition coefficient (Wildman–Crippen LogP) is 3.25. The second-order valence-corrected chi connectivity index (χ2v) is 6.85. The summed E-state index contributed by atoms with van der Waals surface area (Å²) in [5, 5.41) is 2.79. The van der Waals surface area contributed by atoms with Gasteiger partial charge in [0.05, 0.1) is 0 Å². The minimum absolute atomic E-state index is 0.293. The summed E-state index contributed by atoms with van der Waals surface area (Å²) in [6.07, 6.45) is 1.11. The molecule has 0 bridgehead atoms. The number of nitrogens with one attached hydrogen (secondary N) is 1. The first-order valence-corrected chi connectivity index (χ1v) is 8.07. The van der Waals surface area contributed by atoms with Crippen molar-refractivity contribution in [2.24, 2.45) is 11.8 Å². The summed E-state index contributed by atoms with van der Waals surface area (Å²) in [5.41, 5.74) is 1.78. The van der Waals surface area contributed by atoms with Gasteiger partial charge in [-0.1, -0.05) is 45.9 Å². The van der Waals surface area contributed by atoms with Crippen molar-refractivity contribution in [3.8, 4) is 0 Å². The molecule has 1 heterocycles. The van der Waals surface area contributed by atoms with Crippen LogP contribution in [0.4, 0.5) is 5.69 Å². The van der Waals surface area contributed by atoms with Crippen LogP contribution in [0, 0.1) is 11.8 Å². The molecule has 0 saturated carbocycles. The van der Waals surface area contributed by atoms with Gasteiger partial charge in [-0.25, -0.2) is 0 Å². The second-order valence-electron chi connectivity index (χ2n) is 6.85. The Morgan fingerprint density at radius 1 is 1.14 bits per heavy atom. The van der Waals surface area contributed by atoms with Gasteiger partial charge in [0, 0.05) is 18.8 Å². The molecule has 120 valence electrons. The number of amides is 2. The average Bonchev–Trinajstić information content (AvgIpc) is 2.45. The highest BCUT2D eigenvalue weighted by molar-refractivity contribution is 6.39. The van der Waals surface area contributed by atoms with Gasteiger partial charge in [-0.3, -0.25) is 9.59 Å². The van der Waals surface area contributed by atoms with Crippen molar-refractivity contribution in [2.45, 2.75) is 40.0 Å². The number of para-hydroxylation sites is 1. The standard InChI is InChI=1S/C18H26N2O2/c1-12(2)15-7-5-6-8-16(15)19-17(21)18(22)20-10-13(3)9-14(4)11-20/h5-8,12-14H,9-11H2,1-4H3,(H,19,21). The molecule has 1 aromatic rings. The first kappa shape index (κ1) is 16.5. The number of anilines is 1. The van der Waals surface area contributed by atoms with Crippen molar-refractivity contribution >= 4 is 17.5 Å². The third-order valence-electron chi connectivity index (χ3n) is 4.18. The Bertz CT molecular complexity index is 544. The van der Waals surface area contributed by atoms with E-state index in [0.717, 1.165) is 17.7 Å². The molecule has 1 aliphatic rings. The van der Waals surface area contributed by atoms with Crippen molar-refractivity contribution in [3.63, 3.8) is 0 Å². The Morgan fingerprint density at radius 3 is 2.32 bits per heavy atom. The maximum atomic E-state index is 12.4. The van der Waals surface area contributed by atoms with Crippen LogP contribution in [0.15, 0.2) is 24.3 Å². The Morgan fingerprint density at radius 2 is 1.73 bits per heavy atom. The minimum Gasteiger partial charge on any atom is -0.334 e. The number of piperidine rings is 1. The van der Waals surface area contributed by atoms with E-state index in [4.69, 9.17) is 0 Å². The lowest BCUT2D eigenvalue weighted by Crippen LogP contribution is -2.47. The summed E-state index contributed by atoms with van der Waals surface area (Å²) in [7, 11) is 0. The van der Waals surface area contributed by atoms with Crippen LogP contribution in [0.3, 0.4) is 0 Å². The van der Waals surface area contributed by atoms with Crippen molar-refractivity contribution in [3.05, 3.63) is 29.8 Å². The molecule has 0 spiro atoms. The molecular formula is C18H26N2O2.